The number of aliphatic imine (C=N–C) groups is 3. The van der Waals surface area contributed by atoms with Crippen molar-refractivity contribution in [2.45, 2.75) is 13.5 Å². The second kappa shape index (κ2) is 8.67. The minimum absolute atomic E-state index is 0.562. The summed E-state index contributed by atoms with van der Waals surface area (Å²) in [4.78, 5) is 13.6. The lowest BCUT2D eigenvalue weighted by atomic mass is 10.1. The average molecular weight is 339 g/mol. The first-order valence-corrected chi connectivity index (χ1v) is 8.52. The lowest BCUT2D eigenvalue weighted by Gasteiger charge is -2.06. The van der Waals surface area contributed by atoms with Crippen molar-refractivity contribution >= 4 is 18.4 Å². The fourth-order valence-corrected chi connectivity index (χ4v) is 2.60. The number of hydrogen-bond donors (Lipinski definition) is 0. The smallest absolute Gasteiger partial charge is 0.161 e. The van der Waals surface area contributed by atoms with Gasteiger partial charge >= 0.3 is 0 Å². The zero-order chi connectivity index (χ0) is 18.2. The van der Waals surface area contributed by atoms with E-state index < -0.39 is 0 Å². The molecule has 0 aliphatic rings. The SMILES string of the molecule is C=NC(=NC(=NCc1ccccc1)c1cccc(C)c1)c1ccccc1. The van der Waals surface area contributed by atoms with E-state index in [4.69, 9.17) is 9.98 Å². The van der Waals surface area contributed by atoms with Crippen LogP contribution in [-0.2, 0) is 6.54 Å². The van der Waals surface area contributed by atoms with Gasteiger partial charge in [-0.15, -0.1) is 0 Å². The van der Waals surface area contributed by atoms with Crippen molar-refractivity contribution in [3.63, 3.8) is 0 Å². The third-order valence-corrected chi connectivity index (χ3v) is 3.92. The third-order valence-electron chi connectivity index (χ3n) is 3.92. The van der Waals surface area contributed by atoms with Gasteiger partial charge < -0.3 is 0 Å². The predicted octanol–water partition coefficient (Wildman–Crippen LogP) is 5.09. The van der Waals surface area contributed by atoms with E-state index in [0.29, 0.717) is 18.2 Å². The second-order valence-electron chi connectivity index (χ2n) is 5.95. The quantitative estimate of drug-likeness (QED) is 0.469. The van der Waals surface area contributed by atoms with E-state index in [2.05, 4.69) is 42.9 Å². The van der Waals surface area contributed by atoms with Gasteiger partial charge in [0.2, 0.25) is 0 Å². The number of amidine groups is 2. The molecule has 3 rings (SSSR count). The van der Waals surface area contributed by atoms with E-state index in [1.54, 1.807) is 0 Å². The molecule has 3 nitrogen and oxygen atoms in total. The molecule has 0 bridgehead atoms. The van der Waals surface area contributed by atoms with Gasteiger partial charge in [-0.1, -0.05) is 84.4 Å². The zero-order valence-electron chi connectivity index (χ0n) is 14.8. The first-order chi connectivity index (χ1) is 12.8. The van der Waals surface area contributed by atoms with Gasteiger partial charge in [0.1, 0.15) is 0 Å². The number of aryl methyl sites for hydroxylation is 1. The van der Waals surface area contributed by atoms with Crippen LogP contribution in [0.3, 0.4) is 0 Å². The summed E-state index contributed by atoms with van der Waals surface area (Å²) in [6, 6.07) is 28.2. The molecule has 26 heavy (non-hydrogen) atoms. The van der Waals surface area contributed by atoms with Crippen LogP contribution in [0, 0.1) is 6.92 Å². The molecule has 0 aliphatic carbocycles. The number of rotatable bonds is 4. The van der Waals surface area contributed by atoms with Crippen LogP contribution in [-0.4, -0.2) is 18.4 Å². The van der Waals surface area contributed by atoms with Gasteiger partial charge in [0.15, 0.2) is 11.7 Å². The Morgan fingerprint density at radius 2 is 1.42 bits per heavy atom. The van der Waals surface area contributed by atoms with E-state index in [9.17, 15) is 0 Å². The van der Waals surface area contributed by atoms with Crippen molar-refractivity contribution in [2.75, 3.05) is 0 Å². The highest BCUT2D eigenvalue weighted by atomic mass is 15.0. The molecule has 0 fully saturated rings. The fraction of sp³-hybridized carbons (Fsp3) is 0.0870. The summed E-state index contributed by atoms with van der Waals surface area (Å²) in [5, 5.41) is 0. The summed E-state index contributed by atoms with van der Waals surface area (Å²) in [6.07, 6.45) is 0. The molecular formula is C23H21N3. The minimum Gasteiger partial charge on any atom is -0.261 e. The standard InChI is InChI=1S/C23H21N3/c1-18-10-9-15-21(16-18)23(25-17-19-11-5-3-6-12-19)26-22(24-2)20-13-7-4-8-14-20/h3-16H,2,17H2,1H3. The molecule has 0 spiro atoms. The normalized spacial score (nSPS) is 12.0. The van der Waals surface area contributed by atoms with Crippen LogP contribution in [0.2, 0.25) is 0 Å². The number of benzene rings is 3. The Balaban J connectivity index is 2.02. The van der Waals surface area contributed by atoms with E-state index in [-0.39, 0.29) is 0 Å². The Labute approximate surface area is 154 Å². The van der Waals surface area contributed by atoms with Crippen molar-refractivity contribution in [3.05, 3.63) is 107 Å². The van der Waals surface area contributed by atoms with Crippen LogP contribution >= 0.6 is 0 Å². The van der Waals surface area contributed by atoms with Crippen molar-refractivity contribution in [2.24, 2.45) is 15.0 Å². The maximum absolute atomic E-state index is 4.76. The molecule has 0 saturated carbocycles. The summed E-state index contributed by atoms with van der Waals surface area (Å²) in [5.41, 5.74) is 4.19. The lowest BCUT2D eigenvalue weighted by molar-refractivity contribution is 1.06. The molecule has 0 radical (unpaired) electrons. The molecule has 128 valence electrons. The highest BCUT2D eigenvalue weighted by molar-refractivity contribution is 6.12. The van der Waals surface area contributed by atoms with E-state index >= 15 is 0 Å². The van der Waals surface area contributed by atoms with E-state index in [0.717, 1.165) is 22.3 Å². The van der Waals surface area contributed by atoms with Crippen molar-refractivity contribution < 1.29 is 0 Å². The Morgan fingerprint density at radius 3 is 2.08 bits per heavy atom. The third kappa shape index (κ3) is 4.61. The first kappa shape index (κ1) is 17.5. The Bertz CT molecular complexity index is 926. The van der Waals surface area contributed by atoms with Crippen LogP contribution in [0.5, 0.6) is 0 Å². The van der Waals surface area contributed by atoms with Crippen LogP contribution in [0.25, 0.3) is 0 Å². The minimum atomic E-state index is 0.562. The number of nitrogens with zero attached hydrogens (tertiary/aromatic N) is 3. The Kier molecular flexibility index (Phi) is 5.84. The Morgan fingerprint density at radius 1 is 0.769 bits per heavy atom. The van der Waals surface area contributed by atoms with Crippen LogP contribution in [0.15, 0.2) is 99.9 Å². The van der Waals surface area contributed by atoms with Gasteiger partial charge in [0.25, 0.3) is 0 Å². The topological polar surface area (TPSA) is 37.1 Å². The average Bonchev–Trinajstić information content (AvgIpc) is 2.70. The largest absolute Gasteiger partial charge is 0.261 e. The number of hydrogen-bond acceptors (Lipinski definition) is 1. The molecule has 0 saturated heterocycles. The summed E-state index contributed by atoms with van der Waals surface area (Å²) in [5.74, 6) is 1.22. The Hall–Kier alpha value is -3.33. The summed E-state index contributed by atoms with van der Waals surface area (Å²) >= 11 is 0. The molecule has 0 aromatic heterocycles. The van der Waals surface area contributed by atoms with E-state index in [1.807, 2.05) is 60.7 Å². The highest BCUT2D eigenvalue weighted by Crippen LogP contribution is 2.11. The van der Waals surface area contributed by atoms with E-state index in [1.165, 1.54) is 0 Å². The molecule has 0 N–H and O–H groups in total. The molecule has 0 atom stereocenters. The molecule has 0 heterocycles. The highest BCUT2D eigenvalue weighted by Gasteiger charge is 2.07. The van der Waals surface area contributed by atoms with Gasteiger partial charge in [-0.25, -0.2) is 9.98 Å². The van der Waals surface area contributed by atoms with Crippen LogP contribution < -0.4 is 0 Å². The van der Waals surface area contributed by atoms with Gasteiger partial charge in [-0.2, -0.15) is 0 Å². The second-order valence-corrected chi connectivity index (χ2v) is 5.95. The monoisotopic (exact) mass is 339 g/mol. The lowest BCUT2D eigenvalue weighted by Crippen LogP contribution is -2.05. The maximum atomic E-state index is 4.76. The molecule has 3 heteroatoms. The molecule has 0 aliphatic heterocycles. The molecule has 0 unspecified atom stereocenters. The van der Waals surface area contributed by atoms with Crippen molar-refractivity contribution in [1.82, 2.24) is 0 Å². The summed E-state index contributed by atoms with van der Waals surface area (Å²) < 4.78 is 0. The van der Waals surface area contributed by atoms with Gasteiger partial charge in [-0.3, -0.25) is 4.99 Å². The first-order valence-electron chi connectivity index (χ1n) is 8.52. The van der Waals surface area contributed by atoms with Gasteiger partial charge in [0, 0.05) is 11.1 Å². The summed E-state index contributed by atoms with van der Waals surface area (Å²) in [7, 11) is 0. The van der Waals surface area contributed by atoms with Crippen molar-refractivity contribution in [3.8, 4) is 0 Å². The zero-order valence-corrected chi connectivity index (χ0v) is 14.8. The van der Waals surface area contributed by atoms with Gasteiger partial charge in [-0.05, 0) is 25.3 Å². The molecule has 3 aromatic rings. The predicted molar refractivity (Wildman–Crippen MR) is 110 cm³/mol. The van der Waals surface area contributed by atoms with Gasteiger partial charge in [0.05, 0.1) is 6.54 Å². The van der Waals surface area contributed by atoms with Crippen LogP contribution in [0.4, 0.5) is 0 Å². The summed E-state index contributed by atoms with van der Waals surface area (Å²) in [6.45, 7) is 6.31. The van der Waals surface area contributed by atoms with Crippen molar-refractivity contribution in [1.29, 1.82) is 0 Å². The molecular weight excluding hydrogens is 318 g/mol. The molecule has 3 aromatic carbocycles. The fourth-order valence-electron chi connectivity index (χ4n) is 2.60. The molecule has 0 amide bonds. The van der Waals surface area contributed by atoms with Crippen LogP contribution in [0.1, 0.15) is 22.3 Å². The maximum Gasteiger partial charge on any atom is 0.161 e.